The third-order valence-corrected chi connectivity index (χ3v) is 5.95. The lowest BCUT2D eigenvalue weighted by Crippen LogP contribution is -2.28. The predicted molar refractivity (Wildman–Crippen MR) is 116 cm³/mol. The van der Waals surface area contributed by atoms with E-state index in [0.717, 1.165) is 27.2 Å². The van der Waals surface area contributed by atoms with Crippen molar-refractivity contribution < 1.29 is 9.18 Å². The normalized spacial score (nSPS) is 12.1. The fraction of sp³-hybridized carbons (Fsp3) is 0.174. The lowest BCUT2D eigenvalue weighted by molar-refractivity contribution is -0.119. The summed E-state index contributed by atoms with van der Waals surface area (Å²) in [5, 5.41) is 13.4. The molecule has 4 aromatic rings. The van der Waals surface area contributed by atoms with Gasteiger partial charge >= 0.3 is 0 Å². The van der Waals surface area contributed by atoms with Gasteiger partial charge in [-0.25, -0.2) is 9.37 Å². The van der Waals surface area contributed by atoms with E-state index in [2.05, 4.69) is 16.4 Å². The molecule has 0 fully saturated rings. The number of pyridine rings is 1. The van der Waals surface area contributed by atoms with Crippen molar-refractivity contribution >= 4 is 34.3 Å². The molecule has 150 valence electrons. The van der Waals surface area contributed by atoms with E-state index in [1.165, 1.54) is 23.9 Å². The summed E-state index contributed by atoms with van der Waals surface area (Å²) in [6, 6.07) is 17.7. The van der Waals surface area contributed by atoms with Gasteiger partial charge in [-0.05, 0) is 55.3 Å². The predicted octanol–water partition coefficient (Wildman–Crippen LogP) is 4.78. The molecule has 7 heteroatoms. The molecule has 1 amide bonds. The molecule has 0 spiro atoms. The van der Waals surface area contributed by atoms with Crippen LogP contribution < -0.4 is 5.32 Å². The van der Waals surface area contributed by atoms with Gasteiger partial charge in [0.2, 0.25) is 5.91 Å². The van der Waals surface area contributed by atoms with Crippen molar-refractivity contribution in [3.63, 3.8) is 0 Å². The van der Waals surface area contributed by atoms with E-state index in [-0.39, 0.29) is 23.5 Å². The van der Waals surface area contributed by atoms with E-state index in [1.54, 1.807) is 12.1 Å². The van der Waals surface area contributed by atoms with Gasteiger partial charge in [-0.2, -0.15) is 5.26 Å². The quantitative estimate of drug-likeness (QED) is 0.474. The number of halogens is 1. The fourth-order valence-corrected chi connectivity index (χ4v) is 4.35. The fourth-order valence-electron chi connectivity index (χ4n) is 3.42. The third kappa shape index (κ3) is 3.74. The average molecular weight is 418 g/mol. The Morgan fingerprint density at radius 1 is 1.27 bits per heavy atom. The van der Waals surface area contributed by atoms with Crippen molar-refractivity contribution in [2.45, 2.75) is 24.9 Å². The van der Waals surface area contributed by atoms with Gasteiger partial charge in [0.25, 0.3) is 0 Å². The van der Waals surface area contributed by atoms with Crippen molar-refractivity contribution in [2.75, 3.05) is 5.75 Å². The standard InChI is InChI=1S/C23H19FN4OS/c1-14-11-22(28-20-6-4-3-5-19(20)27-23(28)18(14)12-25)30-13-21(29)26-15(2)16-7-9-17(24)10-8-16/h3-11,15H,13H2,1-2H3,(H,26,29)/t15-/m1/s1. The Bertz CT molecular complexity index is 1290. The molecule has 0 unspecified atom stereocenters. The number of para-hydroxylation sites is 2. The highest BCUT2D eigenvalue weighted by atomic mass is 32.2. The van der Waals surface area contributed by atoms with Gasteiger partial charge < -0.3 is 5.32 Å². The first kappa shape index (κ1) is 19.9. The maximum Gasteiger partial charge on any atom is 0.230 e. The topological polar surface area (TPSA) is 70.2 Å². The molecule has 0 saturated carbocycles. The number of amides is 1. The van der Waals surface area contributed by atoms with Crippen LogP contribution in [-0.2, 0) is 4.79 Å². The molecule has 0 aliphatic carbocycles. The first-order valence-corrected chi connectivity index (χ1v) is 10.4. The first-order valence-electron chi connectivity index (χ1n) is 9.46. The number of aromatic nitrogens is 2. The van der Waals surface area contributed by atoms with Gasteiger partial charge in [-0.15, -0.1) is 0 Å². The summed E-state index contributed by atoms with van der Waals surface area (Å²) in [7, 11) is 0. The molecule has 0 aliphatic heterocycles. The number of imidazole rings is 1. The average Bonchev–Trinajstić information content (AvgIpc) is 3.12. The van der Waals surface area contributed by atoms with E-state index in [1.807, 2.05) is 48.6 Å². The number of hydrogen-bond acceptors (Lipinski definition) is 4. The molecule has 4 rings (SSSR count). The monoisotopic (exact) mass is 418 g/mol. The van der Waals surface area contributed by atoms with Crippen LogP contribution in [-0.4, -0.2) is 21.0 Å². The van der Waals surface area contributed by atoms with Gasteiger partial charge in [0.1, 0.15) is 11.9 Å². The molecular formula is C23H19FN4OS. The molecule has 0 bridgehead atoms. The van der Waals surface area contributed by atoms with Crippen molar-refractivity contribution in [1.82, 2.24) is 14.7 Å². The number of fused-ring (bicyclic) bond motifs is 3. The minimum Gasteiger partial charge on any atom is -0.349 e. The smallest absolute Gasteiger partial charge is 0.230 e. The highest BCUT2D eigenvalue weighted by molar-refractivity contribution is 7.99. The number of aryl methyl sites for hydroxylation is 1. The Morgan fingerprint density at radius 3 is 2.73 bits per heavy atom. The van der Waals surface area contributed by atoms with E-state index in [4.69, 9.17) is 0 Å². The summed E-state index contributed by atoms with van der Waals surface area (Å²) < 4.78 is 15.0. The Morgan fingerprint density at radius 2 is 2.00 bits per heavy atom. The minimum absolute atomic E-state index is 0.128. The zero-order valence-electron chi connectivity index (χ0n) is 16.5. The van der Waals surface area contributed by atoms with Crippen LogP contribution in [0.5, 0.6) is 0 Å². The number of nitrogens with one attached hydrogen (secondary N) is 1. The second-order valence-electron chi connectivity index (χ2n) is 7.04. The molecule has 2 aromatic carbocycles. The molecule has 30 heavy (non-hydrogen) atoms. The zero-order valence-corrected chi connectivity index (χ0v) is 17.3. The van der Waals surface area contributed by atoms with E-state index in [0.29, 0.717) is 11.2 Å². The maximum atomic E-state index is 13.1. The van der Waals surface area contributed by atoms with Gasteiger partial charge in [0.05, 0.1) is 33.4 Å². The maximum absolute atomic E-state index is 13.1. The highest BCUT2D eigenvalue weighted by Gasteiger charge is 2.17. The van der Waals surface area contributed by atoms with Crippen LogP contribution >= 0.6 is 11.8 Å². The Labute approximate surface area is 177 Å². The van der Waals surface area contributed by atoms with Crippen LogP contribution in [0.2, 0.25) is 0 Å². The molecule has 1 N–H and O–H groups in total. The van der Waals surface area contributed by atoms with Crippen molar-refractivity contribution in [2.24, 2.45) is 0 Å². The number of carbonyl (C=O) groups is 1. The number of nitrogens with zero attached hydrogens (tertiary/aromatic N) is 3. The summed E-state index contributed by atoms with van der Waals surface area (Å²) in [4.78, 5) is 17.2. The molecule has 5 nitrogen and oxygen atoms in total. The second-order valence-corrected chi connectivity index (χ2v) is 8.04. The molecule has 0 aliphatic rings. The largest absolute Gasteiger partial charge is 0.349 e. The number of carbonyl (C=O) groups excluding carboxylic acids is 1. The minimum atomic E-state index is -0.305. The summed E-state index contributed by atoms with van der Waals surface area (Å²) in [5.74, 6) is -0.227. The summed E-state index contributed by atoms with van der Waals surface area (Å²) in [6.07, 6.45) is 0. The lowest BCUT2D eigenvalue weighted by Gasteiger charge is -2.15. The van der Waals surface area contributed by atoms with Gasteiger partial charge in [-0.3, -0.25) is 9.20 Å². The van der Waals surface area contributed by atoms with E-state index >= 15 is 0 Å². The third-order valence-electron chi connectivity index (χ3n) is 4.95. The summed E-state index contributed by atoms with van der Waals surface area (Å²) in [6.45, 7) is 3.74. The molecule has 2 aromatic heterocycles. The van der Waals surface area contributed by atoms with Crippen LogP contribution in [0, 0.1) is 24.1 Å². The first-order chi connectivity index (χ1) is 14.5. The van der Waals surface area contributed by atoms with Crippen LogP contribution in [0.1, 0.15) is 29.7 Å². The molecule has 0 radical (unpaired) electrons. The van der Waals surface area contributed by atoms with Crippen LogP contribution in [0.4, 0.5) is 4.39 Å². The summed E-state index contributed by atoms with van der Waals surface area (Å²) >= 11 is 1.39. The number of thioether (sulfide) groups is 1. The molecular weight excluding hydrogens is 399 g/mol. The molecule has 0 saturated heterocycles. The van der Waals surface area contributed by atoms with Crippen molar-refractivity contribution in [3.05, 3.63) is 77.1 Å². The molecule has 1 atom stereocenters. The van der Waals surface area contributed by atoms with Crippen molar-refractivity contribution in [3.8, 4) is 6.07 Å². The van der Waals surface area contributed by atoms with Gasteiger partial charge in [0.15, 0.2) is 5.65 Å². The van der Waals surface area contributed by atoms with Crippen molar-refractivity contribution in [1.29, 1.82) is 5.26 Å². The Kier molecular flexibility index (Phi) is 5.42. The highest BCUT2D eigenvalue weighted by Crippen LogP contribution is 2.29. The SMILES string of the molecule is Cc1cc(SCC(=O)N[C@H](C)c2ccc(F)cc2)n2c(nc3ccccc32)c1C#N. The van der Waals surface area contributed by atoms with Crippen LogP contribution in [0.3, 0.4) is 0 Å². The second kappa shape index (κ2) is 8.17. The summed E-state index contributed by atoms with van der Waals surface area (Å²) in [5.41, 5.74) is 4.49. The Balaban J connectivity index is 1.59. The lowest BCUT2D eigenvalue weighted by atomic mass is 10.1. The van der Waals surface area contributed by atoms with Gasteiger partial charge in [-0.1, -0.05) is 36.0 Å². The van der Waals surface area contributed by atoms with E-state index in [9.17, 15) is 14.4 Å². The molecule has 2 heterocycles. The number of nitriles is 1. The van der Waals surface area contributed by atoms with Crippen LogP contribution in [0.15, 0.2) is 59.6 Å². The van der Waals surface area contributed by atoms with Crippen LogP contribution in [0.25, 0.3) is 16.7 Å². The number of hydrogen-bond donors (Lipinski definition) is 1. The zero-order chi connectivity index (χ0) is 21.3. The van der Waals surface area contributed by atoms with Gasteiger partial charge in [0, 0.05) is 0 Å². The number of rotatable bonds is 5. The number of benzene rings is 2. The van der Waals surface area contributed by atoms with E-state index < -0.39 is 0 Å². The Hall–Kier alpha value is -3.37.